The Morgan fingerprint density at radius 3 is 2.26 bits per heavy atom. The molecule has 2 aromatic rings. The summed E-state index contributed by atoms with van der Waals surface area (Å²) in [5.41, 5.74) is 4.72. The molecule has 23 heavy (non-hydrogen) atoms. The summed E-state index contributed by atoms with van der Waals surface area (Å²) in [7, 11) is 3.21. The number of hydrogen-bond acceptors (Lipinski definition) is 4. The van der Waals surface area contributed by atoms with Crippen molar-refractivity contribution in [1.82, 2.24) is 5.43 Å². The summed E-state index contributed by atoms with van der Waals surface area (Å²) < 4.78 is 11.2. The van der Waals surface area contributed by atoms with Gasteiger partial charge in [0.1, 0.15) is 11.5 Å². The fourth-order valence-corrected chi connectivity index (χ4v) is 2.64. The number of halogens is 1. The molecule has 1 N–H and O–H groups in total. The zero-order chi connectivity index (χ0) is 16.8. The third-order valence-electron chi connectivity index (χ3n) is 3.25. The van der Waals surface area contributed by atoms with Crippen molar-refractivity contribution in [2.45, 2.75) is 6.92 Å². The maximum Gasteiger partial charge on any atom is 0.271 e. The van der Waals surface area contributed by atoms with Gasteiger partial charge in [0.2, 0.25) is 0 Å². The van der Waals surface area contributed by atoms with Crippen LogP contribution in [-0.2, 0) is 0 Å². The van der Waals surface area contributed by atoms with Crippen LogP contribution < -0.4 is 14.9 Å². The van der Waals surface area contributed by atoms with Gasteiger partial charge in [-0.1, -0.05) is 0 Å². The number of nitrogens with zero attached hydrogens (tertiary/aromatic N) is 1. The Hall–Kier alpha value is -2.09. The highest BCUT2D eigenvalue weighted by Gasteiger charge is 2.08. The zero-order valence-corrected chi connectivity index (χ0v) is 15.2. The number of methoxy groups -OCH3 is 2. The van der Waals surface area contributed by atoms with Gasteiger partial charge in [-0.25, -0.2) is 5.43 Å². The van der Waals surface area contributed by atoms with Crippen LogP contribution in [-0.4, -0.2) is 25.8 Å². The van der Waals surface area contributed by atoms with Crippen molar-refractivity contribution >= 4 is 34.2 Å². The SMILES string of the molecule is COc1ccc(/C(C)=N/NC(=O)c2ccc(OC)c(I)c2)cc1. The predicted molar refractivity (Wildman–Crippen MR) is 98.4 cm³/mol. The number of amides is 1. The molecule has 2 rings (SSSR count). The van der Waals surface area contributed by atoms with E-state index in [0.29, 0.717) is 11.3 Å². The van der Waals surface area contributed by atoms with Gasteiger partial charge >= 0.3 is 0 Å². The molecular formula is C17H17IN2O3. The molecule has 0 aliphatic carbocycles. The summed E-state index contributed by atoms with van der Waals surface area (Å²) in [6.07, 6.45) is 0. The maximum atomic E-state index is 12.2. The highest BCUT2D eigenvalue weighted by Crippen LogP contribution is 2.21. The molecule has 0 atom stereocenters. The van der Waals surface area contributed by atoms with Crippen molar-refractivity contribution in [3.05, 3.63) is 57.2 Å². The number of hydrogen-bond donors (Lipinski definition) is 1. The Morgan fingerprint density at radius 1 is 1.04 bits per heavy atom. The Bertz CT molecular complexity index is 727. The quantitative estimate of drug-likeness (QED) is 0.455. The summed E-state index contributed by atoms with van der Waals surface area (Å²) in [6, 6.07) is 12.7. The van der Waals surface area contributed by atoms with Crippen molar-refractivity contribution in [1.29, 1.82) is 0 Å². The monoisotopic (exact) mass is 424 g/mol. The number of carbonyl (C=O) groups excluding carboxylic acids is 1. The average Bonchev–Trinajstić information content (AvgIpc) is 2.59. The van der Waals surface area contributed by atoms with E-state index in [1.807, 2.05) is 31.2 Å². The lowest BCUT2D eigenvalue weighted by Crippen LogP contribution is -2.19. The van der Waals surface area contributed by atoms with Crippen molar-refractivity contribution in [2.75, 3.05) is 14.2 Å². The standard InChI is InChI=1S/C17H17IN2O3/c1-11(12-4-7-14(22-2)8-5-12)19-20-17(21)13-6-9-16(23-3)15(18)10-13/h4-10H,1-3H3,(H,20,21)/b19-11+. The fourth-order valence-electron chi connectivity index (χ4n) is 1.90. The number of rotatable bonds is 5. The van der Waals surface area contributed by atoms with E-state index >= 15 is 0 Å². The van der Waals surface area contributed by atoms with Crippen LogP contribution in [0, 0.1) is 3.57 Å². The average molecular weight is 424 g/mol. The summed E-state index contributed by atoms with van der Waals surface area (Å²) in [5, 5.41) is 4.14. The van der Waals surface area contributed by atoms with Crippen LogP contribution in [0.15, 0.2) is 47.6 Å². The Balaban J connectivity index is 2.08. The molecule has 1 amide bonds. The molecule has 0 bridgehead atoms. The van der Waals surface area contributed by atoms with E-state index < -0.39 is 0 Å². The molecule has 5 nitrogen and oxygen atoms in total. The van der Waals surface area contributed by atoms with Crippen molar-refractivity contribution in [3.8, 4) is 11.5 Å². The Morgan fingerprint density at radius 2 is 1.70 bits per heavy atom. The summed E-state index contributed by atoms with van der Waals surface area (Å²) in [4.78, 5) is 12.2. The summed E-state index contributed by atoms with van der Waals surface area (Å²) in [5.74, 6) is 1.25. The van der Waals surface area contributed by atoms with Gasteiger partial charge < -0.3 is 9.47 Å². The zero-order valence-electron chi connectivity index (χ0n) is 13.1. The molecule has 6 heteroatoms. The second-order valence-electron chi connectivity index (χ2n) is 4.72. The van der Waals surface area contributed by atoms with E-state index in [1.165, 1.54) is 0 Å². The van der Waals surface area contributed by atoms with Gasteiger partial charge in [-0.2, -0.15) is 5.10 Å². The van der Waals surface area contributed by atoms with Gasteiger partial charge in [0.15, 0.2) is 0 Å². The maximum absolute atomic E-state index is 12.2. The molecule has 0 heterocycles. The topological polar surface area (TPSA) is 59.9 Å². The number of benzene rings is 2. The lowest BCUT2D eigenvalue weighted by Gasteiger charge is -2.06. The number of hydrazone groups is 1. The van der Waals surface area contributed by atoms with E-state index in [2.05, 4.69) is 33.1 Å². The van der Waals surface area contributed by atoms with Gasteiger partial charge in [0, 0.05) is 5.56 Å². The third-order valence-corrected chi connectivity index (χ3v) is 4.09. The fraction of sp³-hybridized carbons (Fsp3) is 0.176. The van der Waals surface area contributed by atoms with Crippen molar-refractivity contribution in [2.24, 2.45) is 5.10 Å². The minimum atomic E-state index is -0.265. The first-order valence-electron chi connectivity index (χ1n) is 6.87. The molecule has 0 spiro atoms. The normalized spacial score (nSPS) is 11.0. The molecule has 0 aliphatic heterocycles. The van der Waals surface area contributed by atoms with Crippen LogP contribution in [0.3, 0.4) is 0 Å². The second kappa shape index (κ2) is 7.96. The molecule has 0 fully saturated rings. The third kappa shape index (κ3) is 4.44. The highest BCUT2D eigenvalue weighted by atomic mass is 127. The first kappa shape index (κ1) is 17.3. The first-order valence-corrected chi connectivity index (χ1v) is 7.95. The Labute approximate surface area is 148 Å². The van der Waals surface area contributed by atoms with E-state index in [0.717, 1.165) is 20.6 Å². The molecular weight excluding hydrogens is 407 g/mol. The Kier molecular flexibility index (Phi) is 5.97. The van der Waals surface area contributed by atoms with E-state index in [4.69, 9.17) is 9.47 Å². The molecule has 120 valence electrons. The lowest BCUT2D eigenvalue weighted by atomic mass is 10.1. The molecule has 2 aromatic carbocycles. The van der Waals surface area contributed by atoms with Crippen molar-refractivity contribution < 1.29 is 14.3 Å². The summed E-state index contributed by atoms with van der Waals surface area (Å²) >= 11 is 2.12. The first-order chi connectivity index (χ1) is 11.0. The number of nitrogens with one attached hydrogen (secondary N) is 1. The van der Waals surface area contributed by atoms with Gasteiger partial charge in [-0.3, -0.25) is 4.79 Å². The van der Waals surface area contributed by atoms with Gasteiger partial charge in [0.25, 0.3) is 5.91 Å². The van der Waals surface area contributed by atoms with Crippen LogP contribution in [0.2, 0.25) is 0 Å². The van der Waals surface area contributed by atoms with Crippen molar-refractivity contribution in [3.63, 3.8) is 0 Å². The lowest BCUT2D eigenvalue weighted by molar-refractivity contribution is 0.0954. The van der Waals surface area contributed by atoms with Crippen LogP contribution in [0.25, 0.3) is 0 Å². The molecule has 0 aromatic heterocycles. The van der Waals surface area contributed by atoms with E-state index in [-0.39, 0.29) is 5.91 Å². The molecule has 0 saturated carbocycles. The molecule has 0 unspecified atom stereocenters. The van der Waals surface area contributed by atoms with E-state index in [9.17, 15) is 4.79 Å². The van der Waals surface area contributed by atoms with Crippen LogP contribution in [0.4, 0.5) is 0 Å². The van der Waals surface area contributed by atoms with Crippen LogP contribution >= 0.6 is 22.6 Å². The van der Waals surface area contributed by atoms with Gasteiger partial charge in [-0.05, 0) is 77.5 Å². The molecule has 0 aliphatic rings. The molecule has 0 saturated heterocycles. The van der Waals surface area contributed by atoms with Crippen LogP contribution in [0.5, 0.6) is 11.5 Å². The summed E-state index contributed by atoms with van der Waals surface area (Å²) in [6.45, 7) is 1.83. The van der Waals surface area contributed by atoms with Gasteiger partial charge in [-0.15, -0.1) is 0 Å². The minimum Gasteiger partial charge on any atom is -0.497 e. The largest absolute Gasteiger partial charge is 0.497 e. The number of carbonyl (C=O) groups is 1. The second-order valence-corrected chi connectivity index (χ2v) is 5.88. The van der Waals surface area contributed by atoms with E-state index in [1.54, 1.807) is 32.4 Å². The molecule has 0 radical (unpaired) electrons. The smallest absolute Gasteiger partial charge is 0.271 e. The highest BCUT2D eigenvalue weighted by molar-refractivity contribution is 14.1. The van der Waals surface area contributed by atoms with Crippen LogP contribution in [0.1, 0.15) is 22.8 Å². The number of ether oxygens (including phenoxy) is 2. The van der Waals surface area contributed by atoms with Gasteiger partial charge in [0.05, 0.1) is 23.5 Å². The predicted octanol–water partition coefficient (Wildman–Crippen LogP) is 3.46. The minimum absolute atomic E-state index is 0.265.